The van der Waals surface area contributed by atoms with Gasteiger partial charge in [-0.3, -0.25) is 0 Å². The molecule has 7 heteroatoms. The van der Waals surface area contributed by atoms with Crippen LogP contribution in [0.15, 0.2) is 66.2 Å². The molecule has 3 aromatic rings. The quantitative estimate of drug-likeness (QED) is 0.489. The molecule has 1 aliphatic rings. The molecule has 7 nitrogen and oxygen atoms in total. The first kappa shape index (κ1) is 19.9. The summed E-state index contributed by atoms with van der Waals surface area (Å²) < 4.78 is 1.75. The Labute approximate surface area is 177 Å². The second kappa shape index (κ2) is 9.43. The number of anilines is 1. The number of hydrogen-bond donors (Lipinski definition) is 2. The van der Waals surface area contributed by atoms with E-state index in [-0.39, 0.29) is 0 Å². The van der Waals surface area contributed by atoms with Gasteiger partial charge in [0.1, 0.15) is 12.7 Å². The predicted octanol–water partition coefficient (Wildman–Crippen LogP) is 2.91. The molecule has 2 N–H and O–H groups in total. The summed E-state index contributed by atoms with van der Waals surface area (Å²) in [4.78, 5) is 11.2. The van der Waals surface area contributed by atoms with Gasteiger partial charge < -0.3 is 15.5 Å². The topological polar surface area (TPSA) is 70.4 Å². The Kier molecular flexibility index (Phi) is 6.27. The SMILES string of the molecule is CCNC(=NCc1ccc(-n2cncn2)cc1)NC1CCN(c2ccc(C)cc2)C1. The van der Waals surface area contributed by atoms with Crippen molar-refractivity contribution in [1.82, 2.24) is 25.4 Å². The normalized spacial score (nSPS) is 16.7. The minimum atomic E-state index is 0.388. The third kappa shape index (κ3) is 4.97. The van der Waals surface area contributed by atoms with E-state index < -0.39 is 0 Å². The third-order valence-corrected chi connectivity index (χ3v) is 5.31. The lowest BCUT2D eigenvalue weighted by Crippen LogP contribution is -2.44. The molecule has 1 unspecified atom stereocenters. The number of rotatable bonds is 6. The molecule has 2 aromatic carbocycles. The van der Waals surface area contributed by atoms with Gasteiger partial charge >= 0.3 is 0 Å². The number of guanidine groups is 1. The van der Waals surface area contributed by atoms with Gasteiger partial charge in [0.2, 0.25) is 0 Å². The number of benzene rings is 2. The highest BCUT2D eigenvalue weighted by Crippen LogP contribution is 2.20. The standard InChI is InChI=1S/C23H29N7/c1-3-25-23(26-14-19-6-10-22(11-7-19)30-17-24-16-27-30)28-20-12-13-29(15-20)21-8-4-18(2)5-9-21/h4-11,16-17,20H,3,12-15H2,1-2H3,(H2,25,26,28). The summed E-state index contributed by atoms with van der Waals surface area (Å²) in [6.45, 7) is 7.73. The molecule has 156 valence electrons. The van der Waals surface area contributed by atoms with Crippen LogP contribution in [0.25, 0.3) is 5.69 Å². The maximum absolute atomic E-state index is 4.79. The van der Waals surface area contributed by atoms with Gasteiger partial charge in [-0.25, -0.2) is 14.7 Å². The van der Waals surface area contributed by atoms with Gasteiger partial charge in [0.05, 0.1) is 12.2 Å². The van der Waals surface area contributed by atoms with E-state index in [4.69, 9.17) is 4.99 Å². The fraction of sp³-hybridized carbons (Fsp3) is 0.348. The Morgan fingerprint density at radius 2 is 1.87 bits per heavy atom. The monoisotopic (exact) mass is 403 g/mol. The maximum atomic E-state index is 4.79. The second-order valence-corrected chi connectivity index (χ2v) is 7.61. The lowest BCUT2D eigenvalue weighted by Gasteiger charge is -2.20. The summed E-state index contributed by atoms with van der Waals surface area (Å²) >= 11 is 0. The van der Waals surface area contributed by atoms with Gasteiger partial charge in [-0.1, -0.05) is 29.8 Å². The average Bonchev–Trinajstić information content (AvgIpc) is 3.46. The molecule has 0 radical (unpaired) electrons. The van der Waals surface area contributed by atoms with Crippen molar-refractivity contribution in [1.29, 1.82) is 0 Å². The largest absolute Gasteiger partial charge is 0.369 e. The molecule has 30 heavy (non-hydrogen) atoms. The van der Waals surface area contributed by atoms with Crippen LogP contribution in [0.5, 0.6) is 0 Å². The Hall–Kier alpha value is -3.35. The van der Waals surface area contributed by atoms with Crippen LogP contribution < -0.4 is 15.5 Å². The van der Waals surface area contributed by atoms with E-state index in [1.165, 1.54) is 17.6 Å². The van der Waals surface area contributed by atoms with E-state index in [1.54, 1.807) is 11.0 Å². The third-order valence-electron chi connectivity index (χ3n) is 5.31. The van der Waals surface area contributed by atoms with Gasteiger partial charge in [0.15, 0.2) is 5.96 Å². The molecule has 2 heterocycles. The van der Waals surface area contributed by atoms with E-state index in [2.05, 4.69) is 75.9 Å². The van der Waals surface area contributed by atoms with E-state index in [0.29, 0.717) is 12.6 Å². The van der Waals surface area contributed by atoms with Gasteiger partial charge in [0.25, 0.3) is 0 Å². The second-order valence-electron chi connectivity index (χ2n) is 7.61. The zero-order valence-corrected chi connectivity index (χ0v) is 17.6. The molecule has 1 fully saturated rings. The molecule has 4 rings (SSSR count). The van der Waals surface area contributed by atoms with Crippen molar-refractivity contribution in [3.63, 3.8) is 0 Å². The van der Waals surface area contributed by atoms with Crippen LogP contribution in [0.4, 0.5) is 5.69 Å². The fourth-order valence-corrected chi connectivity index (χ4v) is 3.65. The van der Waals surface area contributed by atoms with Gasteiger partial charge in [-0.15, -0.1) is 0 Å². The summed E-state index contributed by atoms with van der Waals surface area (Å²) in [7, 11) is 0. The fourth-order valence-electron chi connectivity index (χ4n) is 3.65. The zero-order chi connectivity index (χ0) is 20.8. The van der Waals surface area contributed by atoms with Crippen LogP contribution in [0.1, 0.15) is 24.5 Å². The minimum Gasteiger partial charge on any atom is -0.369 e. The van der Waals surface area contributed by atoms with Crippen LogP contribution in [0, 0.1) is 6.92 Å². The highest BCUT2D eigenvalue weighted by molar-refractivity contribution is 5.80. The maximum Gasteiger partial charge on any atom is 0.191 e. The van der Waals surface area contributed by atoms with Crippen LogP contribution in [0.3, 0.4) is 0 Å². The summed E-state index contributed by atoms with van der Waals surface area (Å²) in [6.07, 6.45) is 4.34. The average molecular weight is 404 g/mol. The number of nitrogens with zero attached hydrogens (tertiary/aromatic N) is 5. The molecule has 1 atom stereocenters. The summed E-state index contributed by atoms with van der Waals surface area (Å²) in [6, 6.07) is 17.4. The summed E-state index contributed by atoms with van der Waals surface area (Å²) in [5.74, 6) is 0.869. The van der Waals surface area contributed by atoms with Crippen LogP contribution in [0.2, 0.25) is 0 Å². The highest BCUT2D eigenvalue weighted by Gasteiger charge is 2.23. The van der Waals surface area contributed by atoms with Crippen molar-refractivity contribution < 1.29 is 0 Å². The Bertz CT molecular complexity index is 946. The van der Waals surface area contributed by atoms with E-state index in [0.717, 1.165) is 43.3 Å². The van der Waals surface area contributed by atoms with Crippen molar-refractivity contribution in [2.45, 2.75) is 32.9 Å². The molecule has 0 bridgehead atoms. The molecule has 0 amide bonds. The molecule has 0 spiro atoms. The molecule has 0 aliphatic carbocycles. The molecular formula is C23H29N7. The minimum absolute atomic E-state index is 0.388. The van der Waals surface area contributed by atoms with Crippen LogP contribution in [-0.2, 0) is 6.54 Å². The van der Waals surface area contributed by atoms with E-state index >= 15 is 0 Å². The first-order chi connectivity index (χ1) is 14.7. The molecule has 0 saturated carbocycles. The first-order valence-electron chi connectivity index (χ1n) is 10.5. The van der Waals surface area contributed by atoms with Gasteiger partial charge in [-0.05, 0) is 50.1 Å². The van der Waals surface area contributed by atoms with E-state index in [9.17, 15) is 0 Å². The van der Waals surface area contributed by atoms with Gasteiger partial charge in [0, 0.05) is 31.4 Å². The molecular weight excluding hydrogens is 374 g/mol. The predicted molar refractivity (Wildman–Crippen MR) is 121 cm³/mol. The van der Waals surface area contributed by atoms with Gasteiger partial charge in [-0.2, -0.15) is 5.10 Å². The Morgan fingerprint density at radius 1 is 1.10 bits per heavy atom. The lowest BCUT2D eigenvalue weighted by atomic mass is 10.2. The summed E-state index contributed by atoms with van der Waals surface area (Å²) in [5.41, 5.74) is 4.74. The Balaban J connectivity index is 1.35. The van der Waals surface area contributed by atoms with Crippen molar-refractivity contribution >= 4 is 11.6 Å². The van der Waals surface area contributed by atoms with Crippen molar-refractivity contribution in [3.8, 4) is 5.69 Å². The zero-order valence-electron chi connectivity index (χ0n) is 17.6. The van der Waals surface area contributed by atoms with Crippen molar-refractivity contribution in [3.05, 3.63) is 72.3 Å². The van der Waals surface area contributed by atoms with Crippen LogP contribution in [-0.4, -0.2) is 46.4 Å². The number of aliphatic imine (C=N–C) groups is 1. The number of aryl methyl sites for hydroxylation is 1. The van der Waals surface area contributed by atoms with E-state index in [1.807, 2.05) is 12.1 Å². The van der Waals surface area contributed by atoms with Crippen molar-refractivity contribution in [2.24, 2.45) is 4.99 Å². The lowest BCUT2D eigenvalue weighted by molar-refractivity contribution is 0.649. The molecule has 1 aromatic heterocycles. The summed E-state index contributed by atoms with van der Waals surface area (Å²) in [5, 5.41) is 11.1. The molecule has 1 saturated heterocycles. The van der Waals surface area contributed by atoms with Crippen molar-refractivity contribution in [2.75, 3.05) is 24.5 Å². The first-order valence-corrected chi connectivity index (χ1v) is 10.5. The smallest absolute Gasteiger partial charge is 0.191 e. The van der Waals surface area contributed by atoms with Crippen LogP contribution >= 0.6 is 0 Å². The highest BCUT2D eigenvalue weighted by atomic mass is 15.3. The molecule has 1 aliphatic heterocycles. The number of nitrogens with one attached hydrogen (secondary N) is 2. The Morgan fingerprint density at radius 3 is 2.57 bits per heavy atom. The number of hydrogen-bond acceptors (Lipinski definition) is 4. The number of aromatic nitrogens is 3.